The molecule has 2 aromatic carbocycles. The van der Waals surface area contributed by atoms with Gasteiger partial charge in [0.25, 0.3) is 0 Å². The molecule has 4 aromatic rings. The van der Waals surface area contributed by atoms with Crippen molar-refractivity contribution >= 4 is 63.8 Å². The van der Waals surface area contributed by atoms with E-state index in [4.69, 9.17) is 47.0 Å². The second-order valence-corrected chi connectivity index (χ2v) is 8.73. The second kappa shape index (κ2) is 9.92. The summed E-state index contributed by atoms with van der Waals surface area (Å²) in [5, 5.41) is 17.5. The van der Waals surface area contributed by atoms with Crippen LogP contribution in [-0.2, 0) is 13.1 Å². The van der Waals surface area contributed by atoms with E-state index in [9.17, 15) is 0 Å². The van der Waals surface area contributed by atoms with E-state index in [1.54, 1.807) is 16.8 Å². The Morgan fingerprint density at radius 2 is 1.56 bits per heavy atom. The highest BCUT2D eigenvalue weighted by molar-refractivity contribution is 7.80. The van der Waals surface area contributed by atoms with Crippen molar-refractivity contribution in [1.82, 2.24) is 19.6 Å². The Kier molecular flexibility index (Phi) is 7.01. The Morgan fingerprint density at radius 1 is 0.875 bits per heavy atom. The number of nitrogens with zero attached hydrogens (tertiary/aromatic N) is 4. The zero-order valence-corrected chi connectivity index (χ0v) is 20.1. The van der Waals surface area contributed by atoms with Crippen LogP contribution in [0.25, 0.3) is 0 Å². The minimum absolute atomic E-state index is 0.383. The van der Waals surface area contributed by atoms with Crippen LogP contribution in [0.5, 0.6) is 0 Å². The highest BCUT2D eigenvalue weighted by Gasteiger charge is 2.10. The van der Waals surface area contributed by atoms with Gasteiger partial charge in [0, 0.05) is 44.7 Å². The normalized spacial score (nSPS) is 10.9. The third-order valence-corrected chi connectivity index (χ3v) is 6.05. The molecule has 2 heterocycles. The van der Waals surface area contributed by atoms with Crippen LogP contribution >= 0.6 is 47.0 Å². The van der Waals surface area contributed by atoms with Gasteiger partial charge < -0.3 is 10.6 Å². The fraction of sp³-hybridized carbons (Fsp3) is 0.136. The summed E-state index contributed by atoms with van der Waals surface area (Å²) in [5.41, 5.74) is 2.79. The van der Waals surface area contributed by atoms with Crippen molar-refractivity contribution in [1.29, 1.82) is 0 Å². The smallest absolute Gasteiger partial charge is 0.177 e. The first-order chi connectivity index (χ1) is 15.4. The van der Waals surface area contributed by atoms with Gasteiger partial charge >= 0.3 is 0 Å². The van der Waals surface area contributed by atoms with Crippen molar-refractivity contribution in [2.45, 2.75) is 20.0 Å². The van der Waals surface area contributed by atoms with Crippen LogP contribution in [0.1, 0.15) is 16.8 Å². The monoisotopic (exact) mass is 504 g/mol. The number of hydrogen-bond donors (Lipinski definition) is 2. The van der Waals surface area contributed by atoms with Gasteiger partial charge in [0.15, 0.2) is 16.7 Å². The number of rotatable bonds is 6. The topological polar surface area (TPSA) is 59.7 Å². The number of thiocarbonyl (C=S) groups is 1. The summed E-state index contributed by atoms with van der Waals surface area (Å²) in [7, 11) is 0. The van der Waals surface area contributed by atoms with Gasteiger partial charge in [-0.3, -0.25) is 9.36 Å². The lowest BCUT2D eigenvalue weighted by Gasteiger charge is -2.08. The first-order valence-corrected chi connectivity index (χ1v) is 11.3. The molecule has 0 unspecified atom stereocenters. The van der Waals surface area contributed by atoms with Crippen LogP contribution in [0, 0.1) is 6.92 Å². The number of anilines is 2. The lowest BCUT2D eigenvalue weighted by atomic mass is 10.2. The maximum atomic E-state index is 6.27. The lowest BCUT2D eigenvalue weighted by Crippen LogP contribution is -2.20. The number of aryl methyl sites for hydroxylation is 1. The van der Waals surface area contributed by atoms with E-state index < -0.39 is 0 Å². The summed E-state index contributed by atoms with van der Waals surface area (Å²) in [6.07, 6.45) is 1.83. The molecule has 0 amide bonds. The predicted molar refractivity (Wildman–Crippen MR) is 135 cm³/mol. The number of benzene rings is 2. The number of hydrogen-bond acceptors (Lipinski definition) is 3. The van der Waals surface area contributed by atoms with E-state index in [1.807, 2.05) is 60.3 Å². The standard InChI is InChI=1S/C22H19Cl3N6S/c1-14-11-21(29-31(14)12-15-5-2-3-6-17(15)23)27-22(32)26-20-9-10-30(28-20)13-16-18(24)7-4-8-19(16)25/h2-11H,12-13H2,1H3,(H2,26,27,28,29,32). The number of nitrogens with one attached hydrogen (secondary N) is 2. The molecular weight excluding hydrogens is 487 g/mol. The average molecular weight is 506 g/mol. The number of aromatic nitrogens is 4. The second-order valence-electron chi connectivity index (χ2n) is 7.10. The molecule has 0 saturated heterocycles. The summed E-state index contributed by atoms with van der Waals surface area (Å²) in [4.78, 5) is 0. The van der Waals surface area contributed by atoms with Crippen LogP contribution in [0.15, 0.2) is 60.8 Å². The zero-order chi connectivity index (χ0) is 22.7. The molecule has 0 radical (unpaired) electrons. The van der Waals surface area contributed by atoms with E-state index in [0.29, 0.717) is 44.9 Å². The van der Waals surface area contributed by atoms with Gasteiger partial charge in [-0.25, -0.2) is 0 Å². The minimum Gasteiger partial charge on any atom is -0.316 e. The third kappa shape index (κ3) is 5.42. The van der Waals surface area contributed by atoms with Crippen molar-refractivity contribution < 1.29 is 0 Å². The van der Waals surface area contributed by atoms with Crippen molar-refractivity contribution in [2.75, 3.05) is 10.6 Å². The average Bonchev–Trinajstić information content (AvgIpc) is 3.32. The SMILES string of the molecule is Cc1cc(NC(=S)Nc2ccn(Cc3c(Cl)cccc3Cl)n2)nn1Cc1ccccc1Cl. The van der Waals surface area contributed by atoms with Gasteiger partial charge in [0.1, 0.15) is 0 Å². The van der Waals surface area contributed by atoms with Gasteiger partial charge in [-0.2, -0.15) is 10.2 Å². The third-order valence-electron chi connectivity index (χ3n) is 4.76. The van der Waals surface area contributed by atoms with Gasteiger partial charge in [0.05, 0.1) is 13.1 Å². The molecule has 0 atom stereocenters. The van der Waals surface area contributed by atoms with Crippen LogP contribution in [0.3, 0.4) is 0 Å². The van der Waals surface area contributed by atoms with Gasteiger partial charge in [0.2, 0.25) is 0 Å². The summed E-state index contributed by atoms with van der Waals surface area (Å²) in [6, 6.07) is 16.9. The molecule has 6 nitrogen and oxygen atoms in total. The molecule has 2 aromatic heterocycles. The summed E-state index contributed by atoms with van der Waals surface area (Å²) >= 11 is 24.2. The van der Waals surface area contributed by atoms with Crippen LogP contribution < -0.4 is 10.6 Å². The Bertz CT molecular complexity index is 1250. The summed E-state index contributed by atoms with van der Waals surface area (Å²) in [6.45, 7) is 3.00. The molecule has 32 heavy (non-hydrogen) atoms. The molecule has 0 spiro atoms. The van der Waals surface area contributed by atoms with Crippen LogP contribution in [0.2, 0.25) is 15.1 Å². The van der Waals surface area contributed by atoms with E-state index >= 15 is 0 Å². The molecule has 0 fully saturated rings. The van der Waals surface area contributed by atoms with Crippen molar-refractivity contribution in [3.05, 3.63) is 92.7 Å². The maximum absolute atomic E-state index is 6.27. The molecule has 0 aliphatic rings. The van der Waals surface area contributed by atoms with E-state index in [1.165, 1.54) is 0 Å². The molecular formula is C22H19Cl3N6S. The summed E-state index contributed by atoms with van der Waals surface area (Å²) in [5.74, 6) is 1.23. The minimum atomic E-state index is 0.383. The van der Waals surface area contributed by atoms with E-state index in [0.717, 1.165) is 16.8 Å². The molecule has 164 valence electrons. The highest BCUT2D eigenvalue weighted by atomic mass is 35.5. The largest absolute Gasteiger partial charge is 0.316 e. The Hall–Kier alpha value is -2.58. The van der Waals surface area contributed by atoms with Crippen LogP contribution in [-0.4, -0.2) is 24.7 Å². The molecule has 0 saturated carbocycles. The van der Waals surface area contributed by atoms with Crippen LogP contribution in [0.4, 0.5) is 11.6 Å². The van der Waals surface area contributed by atoms with E-state index in [2.05, 4.69) is 20.8 Å². The first kappa shape index (κ1) is 22.6. The first-order valence-electron chi connectivity index (χ1n) is 9.71. The van der Waals surface area contributed by atoms with E-state index in [-0.39, 0.29) is 0 Å². The van der Waals surface area contributed by atoms with Crippen molar-refractivity contribution in [3.8, 4) is 0 Å². The van der Waals surface area contributed by atoms with Crippen molar-refractivity contribution in [3.63, 3.8) is 0 Å². The van der Waals surface area contributed by atoms with Crippen molar-refractivity contribution in [2.24, 2.45) is 0 Å². The Balaban J connectivity index is 1.38. The lowest BCUT2D eigenvalue weighted by molar-refractivity contribution is 0.668. The molecule has 2 N–H and O–H groups in total. The fourth-order valence-electron chi connectivity index (χ4n) is 3.14. The molecule has 4 rings (SSSR count). The highest BCUT2D eigenvalue weighted by Crippen LogP contribution is 2.25. The predicted octanol–water partition coefficient (Wildman–Crippen LogP) is 6.25. The van der Waals surface area contributed by atoms with Gasteiger partial charge in [-0.15, -0.1) is 0 Å². The maximum Gasteiger partial charge on any atom is 0.177 e. The fourth-order valence-corrected chi connectivity index (χ4v) is 4.07. The molecule has 10 heteroatoms. The Morgan fingerprint density at radius 3 is 2.31 bits per heavy atom. The molecule has 0 aliphatic heterocycles. The quantitative estimate of drug-likeness (QED) is 0.303. The van der Waals surface area contributed by atoms with Gasteiger partial charge in [-0.05, 0) is 42.9 Å². The van der Waals surface area contributed by atoms with Gasteiger partial charge in [-0.1, -0.05) is 59.1 Å². The molecule has 0 bridgehead atoms. The molecule has 0 aliphatic carbocycles. The zero-order valence-electron chi connectivity index (χ0n) is 17.0. The number of halogens is 3. The Labute approximate surface area is 206 Å². The summed E-state index contributed by atoms with van der Waals surface area (Å²) < 4.78 is 3.61.